The molecule has 1 aliphatic carbocycles. The van der Waals surface area contributed by atoms with E-state index >= 15 is 0 Å². The van der Waals surface area contributed by atoms with Crippen LogP contribution in [0.15, 0.2) is 36.5 Å². The molecule has 0 bridgehead atoms. The van der Waals surface area contributed by atoms with Crippen LogP contribution in [0.1, 0.15) is 19.3 Å². The fourth-order valence-corrected chi connectivity index (χ4v) is 2.37. The minimum absolute atomic E-state index is 0.209. The molecule has 1 fully saturated rings. The molecule has 2 aromatic rings. The van der Waals surface area contributed by atoms with E-state index < -0.39 is 5.41 Å². The highest BCUT2D eigenvalue weighted by molar-refractivity contribution is 6.03. The van der Waals surface area contributed by atoms with Crippen molar-refractivity contribution in [1.82, 2.24) is 4.98 Å². The second-order valence-electron chi connectivity index (χ2n) is 4.88. The molecule has 1 amide bonds. The van der Waals surface area contributed by atoms with Gasteiger partial charge >= 0.3 is 0 Å². The molecule has 0 atom stereocenters. The van der Waals surface area contributed by atoms with Gasteiger partial charge in [0.25, 0.3) is 0 Å². The van der Waals surface area contributed by atoms with Gasteiger partial charge in [0.2, 0.25) is 5.91 Å². The van der Waals surface area contributed by atoms with Gasteiger partial charge in [-0.25, -0.2) is 0 Å². The number of fused-ring (bicyclic) bond motifs is 1. The molecule has 1 heterocycles. The first-order valence-electron chi connectivity index (χ1n) is 6.32. The van der Waals surface area contributed by atoms with E-state index in [2.05, 4.69) is 16.4 Å². The number of para-hydroxylation sites is 1. The Kier molecular flexibility index (Phi) is 2.68. The van der Waals surface area contributed by atoms with Crippen LogP contribution in [0.4, 0.5) is 5.69 Å². The van der Waals surface area contributed by atoms with Crippen molar-refractivity contribution in [1.29, 1.82) is 5.26 Å². The number of aromatic nitrogens is 1. The second-order valence-corrected chi connectivity index (χ2v) is 4.88. The number of pyridine rings is 1. The number of nitrogens with one attached hydrogen (secondary N) is 1. The summed E-state index contributed by atoms with van der Waals surface area (Å²) >= 11 is 0. The van der Waals surface area contributed by atoms with Crippen molar-refractivity contribution in [2.24, 2.45) is 5.41 Å². The zero-order chi connectivity index (χ0) is 13.3. The fourth-order valence-electron chi connectivity index (χ4n) is 2.37. The first-order chi connectivity index (χ1) is 9.25. The minimum atomic E-state index is -0.836. The zero-order valence-electron chi connectivity index (χ0n) is 10.4. The van der Waals surface area contributed by atoms with Gasteiger partial charge in [0.1, 0.15) is 5.41 Å². The van der Waals surface area contributed by atoms with Crippen LogP contribution in [0.3, 0.4) is 0 Å². The van der Waals surface area contributed by atoms with Gasteiger partial charge in [0, 0.05) is 11.6 Å². The number of hydrogen-bond donors (Lipinski definition) is 1. The van der Waals surface area contributed by atoms with Crippen molar-refractivity contribution in [3.63, 3.8) is 0 Å². The minimum Gasteiger partial charge on any atom is -0.323 e. The molecule has 1 aromatic carbocycles. The average Bonchev–Trinajstić information content (AvgIpc) is 2.38. The van der Waals surface area contributed by atoms with Crippen LogP contribution in [-0.4, -0.2) is 10.9 Å². The third kappa shape index (κ3) is 1.84. The molecule has 1 aromatic heterocycles. The number of nitriles is 1. The van der Waals surface area contributed by atoms with Gasteiger partial charge < -0.3 is 5.32 Å². The maximum Gasteiger partial charge on any atom is 0.244 e. The van der Waals surface area contributed by atoms with E-state index in [0.717, 1.165) is 17.3 Å². The van der Waals surface area contributed by atoms with Gasteiger partial charge in [-0.1, -0.05) is 18.2 Å². The molecule has 0 spiro atoms. The Morgan fingerprint density at radius 3 is 2.79 bits per heavy atom. The van der Waals surface area contributed by atoms with Crippen LogP contribution in [0, 0.1) is 16.7 Å². The Morgan fingerprint density at radius 2 is 2.11 bits per heavy atom. The van der Waals surface area contributed by atoms with Gasteiger partial charge in [0.15, 0.2) is 0 Å². The second kappa shape index (κ2) is 4.36. The summed E-state index contributed by atoms with van der Waals surface area (Å²) in [6.45, 7) is 0. The van der Waals surface area contributed by atoms with E-state index in [0.29, 0.717) is 18.5 Å². The van der Waals surface area contributed by atoms with Gasteiger partial charge in [-0.2, -0.15) is 5.26 Å². The average molecular weight is 251 g/mol. The van der Waals surface area contributed by atoms with Crippen LogP contribution in [-0.2, 0) is 4.79 Å². The lowest BCUT2D eigenvalue weighted by molar-refractivity contribution is -0.126. The summed E-state index contributed by atoms with van der Waals surface area (Å²) in [6.07, 6.45) is 3.93. The topological polar surface area (TPSA) is 65.8 Å². The monoisotopic (exact) mass is 251 g/mol. The molecule has 4 nitrogen and oxygen atoms in total. The van der Waals surface area contributed by atoms with Crippen molar-refractivity contribution in [3.05, 3.63) is 36.5 Å². The summed E-state index contributed by atoms with van der Waals surface area (Å²) < 4.78 is 0. The molecule has 0 saturated heterocycles. The standard InChI is InChI=1S/C15H13N3O/c16-10-15(7-3-8-15)14(19)18-12-6-1-4-11-5-2-9-17-13(11)12/h1-2,4-6,9H,3,7-8H2,(H,18,19). The highest BCUT2D eigenvalue weighted by Crippen LogP contribution is 2.41. The number of carbonyl (C=O) groups is 1. The Balaban J connectivity index is 1.94. The quantitative estimate of drug-likeness (QED) is 0.892. The van der Waals surface area contributed by atoms with Crippen molar-refractivity contribution in [2.45, 2.75) is 19.3 Å². The smallest absolute Gasteiger partial charge is 0.244 e. The van der Waals surface area contributed by atoms with Crippen LogP contribution in [0.2, 0.25) is 0 Å². The molecule has 0 unspecified atom stereocenters. The first kappa shape index (κ1) is 11.7. The summed E-state index contributed by atoms with van der Waals surface area (Å²) in [6, 6.07) is 11.6. The van der Waals surface area contributed by atoms with E-state index in [1.54, 1.807) is 6.20 Å². The number of amides is 1. The summed E-state index contributed by atoms with van der Waals surface area (Å²) in [5, 5.41) is 13.0. The SMILES string of the molecule is N#CC1(C(=O)Nc2cccc3cccnc23)CCC1. The fraction of sp³-hybridized carbons (Fsp3) is 0.267. The predicted octanol–water partition coefficient (Wildman–Crippen LogP) is 2.87. The highest BCUT2D eigenvalue weighted by Gasteiger charge is 2.44. The highest BCUT2D eigenvalue weighted by atomic mass is 16.2. The molecule has 0 aliphatic heterocycles. The van der Waals surface area contributed by atoms with Gasteiger partial charge in [-0.15, -0.1) is 0 Å². The van der Waals surface area contributed by atoms with Crippen LogP contribution in [0.5, 0.6) is 0 Å². The Bertz CT molecular complexity index is 678. The van der Waals surface area contributed by atoms with Crippen LogP contribution in [0.25, 0.3) is 10.9 Å². The molecule has 1 aliphatic rings. The number of hydrogen-bond acceptors (Lipinski definition) is 3. The number of nitrogens with zero attached hydrogens (tertiary/aromatic N) is 2. The van der Waals surface area contributed by atoms with Gasteiger partial charge in [-0.05, 0) is 31.4 Å². The normalized spacial score (nSPS) is 16.4. The number of anilines is 1. The molecular formula is C15H13N3O. The maximum atomic E-state index is 12.2. The van der Waals surface area contributed by atoms with Crippen LogP contribution < -0.4 is 5.32 Å². The van der Waals surface area contributed by atoms with Gasteiger partial charge in [-0.3, -0.25) is 9.78 Å². The molecule has 3 rings (SSSR count). The van der Waals surface area contributed by atoms with E-state index in [-0.39, 0.29) is 5.91 Å². The first-order valence-corrected chi connectivity index (χ1v) is 6.32. The molecule has 1 saturated carbocycles. The zero-order valence-corrected chi connectivity index (χ0v) is 10.4. The summed E-state index contributed by atoms with van der Waals surface area (Å²) in [7, 11) is 0. The largest absolute Gasteiger partial charge is 0.323 e. The third-order valence-electron chi connectivity index (χ3n) is 3.74. The number of carbonyl (C=O) groups excluding carboxylic acids is 1. The third-order valence-corrected chi connectivity index (χ3v) is 3.74. The lowest BCUT2D eigenvalue weighted by Gasteiger charge is -2.33. The molecule has 1 N–H and O–H groups in total. The van der Waals surface area contributed by atoms with E-state index in [1.807, 2.05) is 30.3 Å². The lowest BCUT2D eigenvalue weighted by Crippen LogP contribution is -2.40. The predicted molar refractivity (Wildman–Crippen MR) is 72.3 cm³/mol. The summed E-state index contributed by atoms with van der Waals surface area (Å²) in [5.41, 5.74) is 0.590. The number of benzene rings is 1. The maximum absolute atomic E-state index is 12.2. The van der Waals surface area contributed by atoms with E-state index in [9.17, 15) is 10.1 Å². The van der Waals surface area contributed by atoms with Crippen LogP contribution >= 0.6 is 0 Å². The lowest BCUT2D eigenvalue weighted by atomic mass is 9.69. The van der Waals surface area contributed by atoms with Crippen molar-refractivity contribution in [3.8, 4) is 6.07 Å². The molecular weight excluding hydrogens is 238 g/mol. The molecule has 94 valence electrons. The summed E-state index contributed by atoms with van der Waals surface area (Å²) in [4.78, 5) is 16.5. The Labute approximate surface area is 111 Å². The molecule has 19 heavy (non-hydrogen) atoms. The molecule has 0 radical (unpaired) electrons. The molecule has 4 heteroatoms. The van der Waals surface area contributed by atoms with Crippen molar-refractivity contribution in [2.75, 3.05) is 5.32 Å². The van der Waals surface area contributed by atoms with E-state index in [1.165, 1.54) is 0 Å². The summed E-state index contributed by atoms with van der Waals surface area (Å²) in [5.74, 6) is -0.209. The number of rotatable bonds is 2. The van der Waals surface area contributed by atoms with Crippen molar-refractivity contribution < 1.29 is 4.79 Å². The Morgan fingerprint density at radius 1 is 1.32 bits per heavy atom. The van der Waals surface area contributed by atoms with E-state index in [4.69, 9.17) is 0 Å². The Hall–Kier alpha value is -2.41. The van der Waals surface area contributed by atoms with Crippen molar-refractivity contribution >= 4 is 22.5 Å². The van der Waals surface area contributed by atoms with Gasteiger partial charge in [0.05, 0.1) is 17.3 Å².